The first-order chi connectivity index (χ1) is 16.0. The van der Waals surface area contributed by atoms with Crippen molar-refractivity contribution in [3.8, 4) is 11.1 Å². The summed E-state index contributed by atoms with van der Waals surface area (Å²) in [4.78, 5) is 29.1. The minimum Gasteiger partial charge on any atom is -0.376 e. The lowest BCUT2D eigenvalue weighted by atomic mass is 9.97. The summed E-state index contributed by atoms with van der Waals surface area (Å²) in [6.07, 6.45) is 2.97. The predicted molar refractivity (Wildman–Crippen MR) is 126 cm³/mol. The maximum Gasteiger partial charge on any atom is 0.272 e. The van der Waals surface area contributed by atoms with Gasteiger partial charge in [-0.15, -0.1) is 0 Å². The molecule has 1 aliphatic heterocycles. The fourth-order valence-electron chi connectivity index (χ4n) is 3.93. The van der Waals surface area contributed by atoms with E-state index in [2.05, 4.69) is 10.3 Å². The van der Waals surface area contributed by atoms with Crippen molar-refractivity contribution in [3.63, 3.8) is 0 Å². The largest absolute Gasteiger partial charge is 0.376 e. The maximum absolute atomic E-state index is 12.7. The molecule has 170 valence electrons. The Hall–Kier alpha value is -3.33. The molecule has 2 amide bonds. The van der Waals surface area contributed by atoms with Crippen LogP contribution >= 0.6 is 0 Å². The third-order valence-electron chi connectivity index (χ3n) is 6.06. The molecule has 0 bridgehead atoms. The summed E-state index contributed by atoms with van der Waals surface area (Å²) in [5.41, 5.74) is 3.57. The van der Waals surface area contributed by atoms with E-state index in [0.717, 1.165) is 45.3 Å². The third kappa shape index (κ3) is 4.59. The van der Waals surface area contributed by atoms with E-state index < -0.39 is 6.10 Å². The molecule has 2 aliphatic rings. The van der Waals surface area contributed by atoms with Crippen LogP contribution in [-0.4, -0.2) is 42.7 Å². The van der Waals surface area contributed by atoms with Crippen molar-refractivity contribution in [1.82, 2.24) is 4.98 Å². The molecule has 1 aliphatic carbocycles. The van der Waals surface area contributed by atoms with Gasteiger partial charge in [0.25, 0.3) is 5.91 Å². The van der Waals surface area contributed by atoms with Gasteiger partial charge in [0.05, 0.1) is 25.5 Å². The van der Waals surface area contributed by atoms with Crippen LogP contribution in [-0.2, 0) is 19.1 Å². The Balaban J connectivity index is 1.40. The lowest BCUT2D eigenvalue weighted by Crippen LogP contribution is -2.48. The van der Waals surface area contributed by atoms with Gasteiger partial charge in [-0.1, -0.05) is 18.2 Å². The zero-order valence-electron chi connectivity index (χ0n) is 18.4. The van der Waals surface area contributed by atoms with Gasteiger partial charge in [-0.2, -0.15) is 0 Å². The summed E-state index contributed by atoms with van der Waals surface area (Å²) in [7, 11) is 0. The van der Waals surface area contributed by atoms with E-state index in [9.17, 15) is 9.59 Å². The van der Waals surface area contributed by atoms with Crippen LogP contribution in [0.4, 0.5) is 11.5 Å². The van der Waals surface area contributed by atoms with E-state index in [-0.39, 0.29) is 24.3 Å². The molecule has 0 spiro atoms. The van der Waals surface area contributed by atoms with Gasteiger partial charge >= 0.3 is 0 Å². The van der Waals surface area contributed by atoms with Crippen molar-refractivity contribution in [2.24, 2.45) is 11.8 Å². The van der Waals surface area contributed by atoms with E-state index in [4.69, 9.17) is 15.3 Å². The van der Waals surface area contributed by atoms with Crippen LogP contribution < -0.4 is 16.2 Å². The Labute approximate surface area is 191 Å². The second-order valence-corrected chi connectivity index (χ2v) is 8.54. The number of rotatable bonds is 5. The predicted octanol–water partition coefficient (Wildman–Crippen LogP) is 3.18. The van der Waals surface area contributed by atoms with E-state index in [1.54, 1.807) is 6.20 Å². The molecule has 1 saturated carbocycles. The summed E-state index contributed by atoms with van der Waals surface area (Å²) in [6.45, 7) is 3.07. The van der Waals surface area contributed by atoms with Crippen molar-refractivity contribution in [3.05, 3.63) is 54.2 Å². The van der Waals surface area contributed by atoms with Gasteiger partial charge < -0.3 is 14.8 Å². The van der Waals surface area contributed by atoms with Crippen LogP contribution in [0.5, 0.6) is 0 Å². The molecule has 8 nitrogen and oxygen atoms in total. The number of anilines is 2. The molecular weight excluding hydrogens is 420 g/mol. The van der Waals surface area contributed by atoms with Crippen LogP contribution in [0.1, 0.15) is 18.4 Å². The standard InChI is InChI=1S/C25H26N4O4/c1-15-2-7-20(29(26)25(31)22-14-32-8-9-33-22)12-21(15)18-6-5-17-11-23(27-13-19(17)10-18)28-24(30)16-3-4-16/h2,5-7,10-13,16,22H,3-4,8-9,14,26H2,1H3,(H,27,28,30)/t22-/m0/s1. The number of amides is 2. The Morgan fingerprint density at radius 2 is 1.94 bits per heavy atom. The van der Waals surface area contributed by atoms with Crippen LogP contribution in [0, 0.1) is 12.8 Å². The number of fused-ring (bicyclic) bond motifs is 1. The number of carbonyl (C=O) groups excluding carboxylic acids is 2. The number of benzene rings is 2. The topological polar surface area (TPSA) is 107 Å². The van der Waals surface area contributed by atoms with Gasteiger partial charge in [0.2, 0.25) is 5.91 Å². The van der Waals surface area contributed by atoms with Crippen molar-refractivity contribution < 1.29 is 19.1 Å². The summed E-state index contributed by atoms with van der Waals surface area (Å²) < 4.78 is 10.8. The number of nitrogens with two attached hydrogens (primary N) is 1. The highest BCUT2D eigenvalue weighted by Crippen LogP contribution is 2.32. The third-order valence-corrected chi connectivity index (χ3v) is 6.06. The van der Waals surface area contributed by atoms with Crippen molar-refractivity contribution in [2.45, 2.75) is 25.9 Å². The molecular formula is C25H26N4O4. The van der Waals surface area contributed by atoms with Gasteiger partial charge in [0.15, 0.2) is 6.10 Å². The summed E-state index contributed by atoms with van der Waals surface area (Å²) in [6, 6.07) is 13.6. The molecule has 0 unspecified atom stereocenters. The molecule has 0 radical (unpaired) electrons. The second-order valence-electron chi connectivity index (χ2n) is 8.54. The molecule has 3 N–H and O–H groups in total. The summed E-state index contributed by atoms with van der Waals surface area (Å²) >= 11 is 0. The minimum atomic E-state index is -0.699. The number of aromatic nitrogens is 1. The van der Waals surface area contributed by atoms with Crippen molar-refractivity contribution >= 4 is 34.1 Å². The molecule has 1 saturated heterocycles. The number of hydrogen-bond acceptors (Lipinski definition) is 6. The number of aryl methyl sites for hydroxylation is 1. The van der Waals surface area contributed by atoms with E-state index in [0.29, 0.717) is 24.7 Å². The Kier molecular flexibility index (Phi) is 5.80. The fourth-order valence-corrected chi connectivity index (χ4v) is 3.93. The monoisotopic (exact) mass is 446 g/mol. The smallest absolute Gasteiger partial charge is 0.272 e. The number of nitrogens with one attached hydrogen (secondary N) is 1. The number of nitrogens with zero attached hydrogens (tertiary/aromatic N) is 2. The first kappa shape index (κ1) is 21.5. The van der Waals surface area contributed by atoms with E-state index >= 15 is 0 Å². The number of carbonyl (C=O) groups is 2. The highest BCUT2D eigenvalue weighted by molar-refractivity contribution is 5.97. The van der Waals surface area contributed by atoms with E-state index in [1.165, 1.54) is 0 Å². The second kappa shape index (κ2) is 8.90. The molecule has 8 heteroatoms. The van der Waals surface area contributed by atoms with Gasteiger partial charge in [-0.05, 0) is 66.1 Å². The summed E-state index contributed by atoms with van der Waals surface area (Å²) in [5, 5.41) is 5.95. The van der Waals surface area contributed by atoms with Gasteiger partial charge in [0, 0.05) is 17.5 Å². The van der Waals surface area contributed by atoms with E-state index in [1.807, 2.05) is 49.4 Å². The maximum atomic E-state index is 12.7. The number of ether oxygens (including phenoxy) is 2. The van der Waals surface area contributed by atoms with Crippen molar-refractivity contribution in [2.75, 3.05) is 30.1 Å². The summed E-state index contributed by atoms with van der Waals surface area (Å²) in [5.74, 6) is 6.54. The minimum absolute atomic E-state index is 0.0389. The van der Waals surface area contributed by atoms with Crippen LogP contribution in [0.3, 0.4) is 0 Å². The quantitative estimate of drug-likeness (QED) is 0.354. The Morgan fingerprint density at radius 3 is 2.70 bits per heavy atom. The van der Waals surface area contributed by atoms with Crippen LogP contribution in [0.2, 0.25) is 0 Å². The average Bonchev–Trinajstić information content (AvgIpc) is 3.69. The van der Waals surface area contributed by atoms with Gasteiger partial charge in [-0.3, -0.25) is 9.59 Å². The first-order valence-corrected chi connectivity index (χ1v) is 11.1. The average molecular weight is 447 g/mol. The van der Waals surface area contributed by atoms with Gasteiger partial charge in [0.1, 0.15) is 5.82 Å². The number of pyridine rings is 1. The zero-order chi connectivity index (χ0) is 22.9. The highest BCUT2D eigenvalue weighted by Gasteiger charge is 2.30. The SMILES string of the molecule is Cc1ccc(N(N)C(=O)[C@@H]2COCCO2)cc1-c1ccc2cc(NC(=O)C3CC3)ncc2c1. The molecule has 1 atom stereocenters. The van der Waals surface area contributed by atoms with Gasteiger partial charge in [-0.25, -0.2) is 15.8 Å². The zero-order valence-corrected chi connectivity index (χ0v) is 18.4. The number of hydrazine groups is 1. The Bertz CT molecular complexity index is 1220. The molecule has 5 rings (SSSR count). The Morgan fingerprint density at radius 1 is 1.09 bits per heavy atom. The molecule has 1 aromatic heterocycles. The first-order valence-electron chi connectivity index (χ1n) is 11.1. The lowest BCUT2D eigenvalue weighted by molar-refractivity contribution is -0.144. The van der Waals surface area contributed by atoms with Crippen LogP contribution in [0.25, 0.3) is 21.9 Å². The highest BCUT2D eigenvalue weighted by atomic mass is 16.6. The molecule has 33 heavy (non-hydrogen) atoms. The fraction of sp³-hybridized carbons (Fsp3) is 0.320. The number of hydrogen-bond donors (Lipinski definition) is 2. The molecule has 3 aromatic rings. The normalized spacial score (nSPS) is 18.2. The molecule has 2 fully saturated rings. The molecule has 2 heterocycles. The lowest BCUT2D eigenvalue weighted by Gasteiger charge is -2.26. The molecule has 2 aromatic carbocycles. The van der Waals surface area contributed by atoms with Crippen molar-refractivity contribution in [1.29, 1.82) is 0 Å². The van der Waals surface area contributed by atoms with Crippen LogP contribution in [0.15, 0.2) is 48.7 Å².